The molecule has 0 aliphatic carbocycles. The Bertz CT molecular complexity index is 421. The summed E-state index contributed by atoms with van der Waals surface area (Å²) < 4.78 is 18.3. The van der Waals surface area contributed by atoms with Crippen LogP contribution in [-0.4, -0.2) is 34.5 Å². The predicted octanol–water partition coefficient (Wildman–Crippen LogP) is 2.19. The van der Waals surface area contributed by atoms with Crippen LogP contribution in [0.3, 0.4) is 0 Å². The van der Waals surface area contributed by atoms with Crippen LogP contribution >= 0.6 is 11.8 Å². The Morgan fingerprint density at radius 2 is 2.53 bits per heavy atom. The summed E-state index contributed by atoms with van der Waals surface area (Å²) in [5, 5.41) is 9.27. The number of nitrogens with zero attached hydrogens (tertiary/aromatic N) is 1. The van der Waals surface area contributed by atoms with E-state index in [0.717, 1.165) is 31.7 Å². The topological polar surface area (TPSA) is 59.4 Å². The molecule has 92 valence electrons. The van der Waals surface area contributed by atoms with E-state index >= 15 is 0 Å². The summed E-state index contributed by atoms with van der Waals surface area (Å²) in [5.74, 6) is -1.14. The number of carbonyl (C=O) groups is 1. The van der Waals surface area contributed by atoms with Gasteiger partial charge < -0.3 is 9.84 Å². The molecule has 0 aromatic carbocycles. The molecule has 0 spiro atoms. The fourth-order valence-corrected chi connectivity index (χ4v) is 2.68. The third-order valence-electron chi connectivity index (χ3n) is 2.48. The van der Waals surface area contributed by atoms with Gasteiger partial charge >= 0.3 is 5.97 Å². The average molecular weight is 257 g/mol. The Morgan fingerprint density at radius 1 is 1.71 bits per heavy atom. The lowest BCUT2D eigenvalue weighted by atomic mass is 10.3. The zero-order valence-corrected chi connectivity index (χ0v) is 9.87. The minimum atomic E-state index is -1.16. The maximum absolute atomic E-state index is 12.9. The molecule has 1 aromatic heterocycles. The Balaban J connectivity index is 2.06. The molecular formula is C11H12FNO3S. The quantitative estimate of drug-likeness (QED) is 0.838. The summed E-state index contributed by atoms with van der Waals surface area (Å²) in [5.41, 5.74) is -0.0898. The monoisotopic (exact) mass is 257 g/mol. The molecule has 4 nitrogen and oxygen atoms in total. The third kappa shape index (κ3) is 3.17. The number of ether oxygens (including phenoxy) is 1. The molecule has 1 fully saturated rings. The Labute approximate surface area is 102 Å². The summed E-state index contributed by atoms with van der Waals surface area (Å²) in [7, 11) is 0. The fraction of sp³-hybridized carbons (Fsp3) is 0.455. The van der Waals surface area contributed by atoms with Crippen molar-refractivity contribution < 1.29 is 19.0 Å². The van der Waals surface area contributed by atoms with E-state index < -0.39 is 11.8 Å². The van der Waals surface area contributed by atoms with E-state index in [1.165, 1.54) is 11.8 Å². The summed E-state index contributed by atoms with van der Waals surface area (Å²) in [6.07, 6.45) is 3.20. The Hall–Kier alpha value is -1.14. The number of carboxylic acid groups (broad SMARTS) is 1. The molecule has 0 radical (unpaired) electrons. The third-order valence-corrected chi connectivity index (χ3v) is 3.62. The molecule has 1 unspecified atom stereocenters. The van der Waals surface area contributed by atoms with Crippen molar-refractivity contribution in [3.05, 3.63) is 23.6 Å². The molecule has 1 atom stereocenters. The lowest BCUT2D eigenvalue weighted by Gasteiger charge is -2.09. The van der Waals surface area contributed by atoms with Crippen LogP contribution in [0.25, 0.3) is 0 Å². The second-order valence-electron chi connectivity index (χ2n) is 3.76. The summed E-state index contributed by atoms with van der Waals surface area (Å²) in [6.45, 7) is 0.758. The van der Waals surface area contributed by atoms with E-state index in [0.29, 0.717) is 10.8 Å². The number of carboxylic acids is 1. The second-order valence-corrected chi connectivity index (χ2v) is 4.77. The molecule has 0 amide bonds. The van der Waals surface area contributed by atoms with Crippen molar-refractivity contribution in [2.24, 2.45) is 0 Å². The number of pyridine rings is 1. The number of hydrogen-bond acceptors (Lipinski definition) is 4. The number of halogens is 1. The Morgan fingerprint density at radius 3 is 3.18 bits per heavy atom. The highest BCUT2D eigenvalue weighted by Crippen LogP contribution is 2.25. The highest BCUT2D eigenvalue weighted by Gasteiger charge is 2.19. The molecular weight excluding hydrogens is 245 g/mol. The van der Waals surface area contributed by atoms with Crippen LogP contribution in [0.4, 0.5) is 4.39 Å². The molecule has 1 aliphatic heterocycles. The van der Waals surface area contributed by atoms with Crippen molar-refractivity contribution in [2.75, 3.05) is 12.4 Å². The van der Waals surface area contributed by atoms with Gasteiger partial charge in [-0.05, 0) is 18.9 Å². The van der Waals surface area contributed by atoms with Crippen LogP contribution < -0.4 is 0 Å². The van der Waals surface area contributed by atoms with E-state index in [1.54, 1.807) is 0 Å². The van der Waals surface area contributed by atoms with Gasteiger partial charge in [0.25, 0.3) is 0 Å². The summed E-state index contributed by atoms with van der Waals surface area (Å²) >= 11 is 1.30. The first kappa shape index (κ1) is 12.3. The molecule has 17 heavy (non-hydrogen) atoms. The average Bonchev–Trinajstić information content (AvgIpc) is 2.80. The van der Waals surface area contributed by atoms with Gasteiger partial charge in [-0.25, -0.2) is 14.2 Å². The predicted molar refractivity (Wildman–Crippen MR) is 60.9 cm³/mol. The molecule has 0 saturated carbocycles. The standard InChI is InChI=1S/C11H12FNO3S/c12-7-4-9(11(14)15)10(13-5-7)17-6-8-2-1-3-16-8/h4-5,8H,1-3,6H2,(H,14,15). The van der Waals surface area contributed by atoms with Crippen molar-refractivity contribution >= 4 is 17.7 Å². The normalized spacial score (nSPS) is 19.5. The van der Waals surface area contributed by atoms with Gasteiger partial charge in [0.05, 0.1) is 17.9 Å². The number of hydrogen-bond donors (Lipinski definition) is 1. The molecule has 0 bridgehead atoms. The van der Waals surface area contributed by atoms with Crippen molar-refractivity contribution in [1.82, 2.24) is 4.98 Å². The lowest BCUT2D eigenvalue weighted by molar-refractivity contribution is 0.0691. The van der Waals surface area contributed by atoms with Gasteiger partial charge in [-0.1, -0.05) is 0 Å². The first-order valence-electron chi connectivity index (χ1n) is 5.30. The molecule has 1 aliphatic rings. The zero-order chi connectivity index (χ0) is 12.3. The maximum atomic E-state index is 12.9. The van der Waals surface area contributed by atoms with Gasteiger partial charge in [-0.2, -0.15) is 0 Å². The van der Waals surface area contributed by atoms with Gasteiger partial charge in [0, 0.05) is 12.4 Å². The summed E-state index contributed by atoms with van der Waals surface area (Å²) in [4.78, 5) is 14.7. The van der Waals surface area contributed by atoms with Crippen LogP contribution in [0.2, 0.25) is 0 Å². The zero-order valence-electron chi connectivity index (χ0n) is 9.06. The number of rotatable bonds is 4. The van der Waals surface area contributed by atoms with Crippen molar-refractivity contribution in [2.45, 2.75) is 24.0 Å². The molecule has 1 aromatic rings. The highest BCUT2D eigenvalue weighted by atomic mass is 32.2. The van der Waals surface area contributed by atoms with Gasteiger partial charge in [-0.3, -0.25) is 0 Å². The van der Waals surface area contributed by atoms with Crippen LogP contribution in [-0.2, 0) is 4.74 Å². The van der Waals surface area contributed by atoms with Gasteiger partial charge in [0.1, 0.15) is 10.8 Å². The lowest BCUT2D eigenvalue weighted by Crippen LogP contribution is -2.09. The number of aromatic carboxylic acids is 1. The van der Waals surface area contributed by atoms with Gasteiger partial charge in [-0.15, -0.1) is 11.8 Å². The molecule has 1 saturated heterocycles. The first-order chi connectivity index (χ1) is 8.16. The van der Waals surface area contributed by atoms with Crippen LogP contribution in [0.5, 0.6) is 0 Å². The Kier molecular flexibility index (Phi) is 3.96. The van der Waals surface area contributed by atoms with Gasteiger partial charge in [0.15, 0.2) is 0 Å². The fourth-order valence-electron chi connectivity index (χ4n) is 1.64. The smallest absolute Gasteiger partial charge is 0.338 e. The van der Waals surface area contributed by atoms with Crippen molar-refractivity contribution in [1.29, 1.82) is 0 Å². The maximum Gasteiger partial charge on any atom is 0.338 e. The number of thioether (sulfide) groups is 1. The highest BCUT2D eigenvalue weighted by molar-refractivity contribution is 7.99. The second kappa shape index (κ2) is 5.46. The van der Waals surface area contributed by atoms with Crippen molar-refractivity contribution in [3.8, 4) is 0 Å². The first-order valence-corrected chi connectivity index (χ1v) is 6.28. The minimum absolute atomic E-state index is 0.0898. The van der Waals surface area contributed by atoms with Crippen LogP contribution in [0, 0.1) is 5.82 Å². The van der Waals surface area contributed by atoms with E-state index in [9.17, 15) is 9.18 Å². The molecule has 2 heterocycles. The van der Waals surface area contributed by atoms with E-state index in [-0.39, 0.29) is 11.7 Å². The molecule has 6 heteroatoms. The number of aromatic nitrogens is 1. The van der Waals surface area contributed by atoms with Crippen LogP contribution in [0.15, 0.2) is 17.3 Å². The van der Waals surface area contributed by atoms with E-state index in [2.05, 4.69) is 4.98 Å². The van der Waals surface area contributed by atoms with Crippen LogP contribution in [0.1, 0.15) is 23.2 Å². The van der Waals surface area contributed by atoms with E-state index in [4.69, 9.17) is 9.84 Å². The SMILES string of the molecule is O=C(O)c1cc(F)cnc1SCC1CCCO1. The van der Waals surface area contributed by atoms with E-state index in [1.807, 2.05) is 0 Å². The largest absolute Gasteiger partial charge is 0.478 e. The van der Waals surface area contributed by atoms with Crippen molar-refractivity contribution in [3.63, 3.8) is 0 Å². The molecule has 1 N–H and O–H groups in total. The minimum Gasteiger partial charge on any atom is -0.478 e. The summed E-state index contributed by atoms with van der Waals surface area (Å²) in [6, 6.07) is 0.993. The van der Waals surface area contributed by atoms with Gasteiger partial charge in [0.2, 0.25) is 0 Å². The molecule has 2 rings (SSSR count).